The molecule has 0 spiro atoms. The molecule has 0 bridgehead atoms. The van der Waals surface area contributed by atoms with Crippen LogP contribution in [0.15, 0.2) is 60.0 Å². The van der Waals surface area contributed by atoms with E-state index in [9.17, 15) is 4.79 Å². The predicted octanol–water partition coefficient (Wildman–Crippen LogP) is 4.63. The van der Waals surface area contributed by atoms with Gasteiger partial charge in [-0.1, -0.05) is 18.2 Å². The SMILES string of the molecule is COc1ccc(-c2cc(C(=O)N3CCN(Cc4csc(C)n4)CC3)c3ccccc3n2)cc1. The Morgan fingerprint density at radius 2 is 1.79 bits per heavy atom. The van der Waals surface area contributed by atoms with Crippen LogP contribution in [0.2, 0.25) is 0 Å². The molecule has 0 N–H and O–H groups in total. The number of rotatable bonds is 5. The zero-order valence-electron chi connectivity index (χ0n) is 18.8. The Hall–Kier alpha value is -3.29. The lowest BCUT2D eigenvalue weighted by Crippen LogP contribution is -2.48. The fraction of sp³-hybridized carbons (Fsp3) is 0.269. The summed E-state index contributed by atoms with van der Waals surface area (Å²) in [5, 5.41) is 4.10. The first-order valence-electron chi connectivity index (χ1n) is 11.1. The first-order chi connectivity index (χ1) is 16.1. The van der Waals surface area contributed by atoms with E-state index in [-0.39, 0.29) is 5.91 Å². The predicted molar refractivity (Wildman–Crippen MR) is 132 cm³/mol. The van der Waals surface area contributed by atoms with Crippen molar-refractivity contribution in [1.29, 1.82) is 0 Å². The van der Waals surface area contributed by atoms with Gasteiger partial charge in [-0.15, -0.1) is 11.3 Å². The zero-order valence-corrected chi connectivity index (χ0v) is 19.6. The summed E-state index contributed by atoms with van der Waals surface area (Å²) >= 11 is 1.68. The van der Waals surface area contributed by atoms with Gasteiger partial charge in [0.05, 0.1) is 34.6 Å². The van der Waals surface area contributed by atoms with E-state index < -0.39 is 0 Å². The smallest absolute Gasteiger partial charge is 0.254 e. The number of carbonyl (C=O) groups is 1. The number of hydrogen-bond acceptors (Lipinski definition) is 6. The summed E-state index contributed by atoms with van der Waals surface area (Å²) in [7, 11) is 1.65. The number of carbonyl (C=O) groups excluding carboxylic acids is 1. The van der Waals surface area contributed by atoms with Crippen LogP contribution in [0, 0.1) is 6.92 Å². The van der Waals surface area contributed by atoms with Crippen LogP contribution in [0.5, 0.6) is 5.75 Å². The van der Waals surface area contributed by atoms with Crippen molar-refractivity contribution in [3.05, 3.63) is 76.2 Å². The van der Waals surface area contributed by atoms with Crippen molar-refractivity contribution < 1.29 is 9.53 Å². The second-order valence-electron chi connectivity index (χ2n) is 8.23. The van der Waals surface area contributed by atoms with E-state index in [0.717, 1.165) is 58.2 Å². The molecule has 6 nitrogen and oxygen atoms in total. The molecule has 5 rings (SSSR count). The molecular formula is C26H26N4O2S. The van der Waals surface area contributed by atoms with Gasteiger partial charge in [-0.05, 0) is 43.3 Å². The summed E-state index contributed by atoms with van der Waals surface area (Å²) in [4.78, 5) is 27.3. The molecule has 1 amide bonds. The molecule has 0 saturated carbocycles. The number of methoxy groups -OCH3 is 1. The third kappa shape index (κ3) is 4.60. The van der Waals surface area contributed by atoms with E-state index in [1.165, 1.54) is 0 Å². The van der Waals surface area contributed by atoms with Crippen molar-refractivity contribution in [2.75, 3.05) is 33.3 Å². The molecule has 0 atom stereocenters. The monoisotopic (exact) mass is 458 g/mol. The summed E-state index contributed by atoms with van der Waals surface area (Å²) in [5.74, 6) is 0.856. The van der Waals surface area contributed by atoms with Gasteiger partial charge in [0.2, 0.25) is 0 Å². The van der Waals surface area contributed by atoms with Crippen LogP contribution in [0.4, 0.5) is 0 Å². The van der Waals surface area contributed by atoms with E-state index in [2.05, 4.69) is 15.3 Å². The number of nitrogens with zero attached hydrogens (tertiary/aromatic N) is 4. The van der Waals surface area contributed by atoms with Gasteiger partial charge in [-0.3, -0.25) is 9.69 Å². The maximum absolute atomic E-state index is 13.6. The number of thiazole rings is 1. The Bertz CT molecular complexity index is 1280. The lowest BCUT2D eigenvalue weighted by molar-refractivity contribution is 0.0629. The van der Waals surface area contributed by atoms with Gasteiger partial charge in [0.15, 0.2) is 0 Å². The topological polar surface area (TPSA) is 58.6 Å². The third-order valence-electron chi connectivity index (χ3n) is 6.04. The van der Waals surface area contributed by atoms with Gasteiger partial charge < -0.3 is 9.64 Å². The minimum absolute atomic E-state index is 0.0625. The normalized spacial score (nSPS) is 14.5. The average molecular weight is 459 g/mol. The molecule has 1 saturated heterocycles. The van der Waals surface area contributed by atoms with E-state index in [4.69, 9.17) is 9.72 Å². The molecule has 0 unspecified atom stereocenters. The van der Waals surface area contributed by atoms with Crippen LogP contribution in [-0.4, -0.2) is 59.0 Å². The summed E-state index contributed by atoms with van der Waals surface area (Å²) in [6.07, 6.45) is 0. The minimum atomic E-state index is 0.0625. The highest BCUT2D eigenvalue weighted by molar-refractivity contribution is 7.09. The average Bonchev–Trinajstić information content (AvgIpc) is 3.27. The fourth-order valence-corrected chi connectivity index (χ4v) is 4.86. The first-order valence-corrected chi connectivity index (χ1v) is 12.0. The van der Waals surface area contributed by atoms with Crippen LogP contribution in [0.3, 0.4) is 0 Å². The Labute approximate surface area is 197 Å². The van der Waals surface area contributed by atoms with Crippen molar-refractivity contribution in [3.63, 3.8) is 0 Å². The molecule has 0 radical (unpaired) electrons. The summed E-state index contributed by atoms with van der Waals surface area (Å²) in [6, 6.07) is 17.6. The molecule has 3 heterocycles. The third-order valence-corrected chi connectivity index (χ3v) is 6.87. The number of pyridine rings is 1. The van der Waals surface area contributed by atoms with Gasteiger partial charge in [0.1, 0.15) is 5.75 Å². The fourth-order valence-electron chi connectivity index (χ4n) is 4.25. The van der Waals surface area contributed by atoms with Crippen LogP contribution < -0.4 is 4.74 Å². The van der Waals surface area contributed by atoms with E-state index in [1.54, 1.807) is 18.4 Å². The summed E-state index contributed by atoms with van der Waals surface area (Å²) in [5.41, 5.74) is 4.39. The van der Waals surface area contributed by atoms with Gasteiger partial charge in [0.25, 0.3) is 5.91 Å². The highest BCUT2D eigenvalue weighted by Crippen LogP contribution is 2.27. The molecule has 168 valence electrons. The number of benzene rings is 2. The molecular weight excluding hydrogens is 432 g/mol. The molecule has 2 aromatic carbocycles. The number of ether oxygens (including phenoxy) is 1. The van der Waals surface area contributed by atoms with Crippen molar-refractivity contribution in [1.82, 2.24) is 19.8 Å². The molecule has 0 aliphatic carbocycles. The maximum Gasteiger partial charge on any atom is 0.254 e. The van der Waals surface area contributed by atoms with Crippen molar-refractivity contribution >= 4 is 28.1 Å². The number of amides is 1. The highest BCUT2D eigenvalue weighted by Gasteiger charge is 2.24. The largest absolute Gasteiger partial charge is 0.497 e. The second-order valence-corrected chi connectivity index (χ2v) is 9.29. The second kappa shape index (κ2) is 9.29. The van der Waals surface area contributed by atoms with Crippen LogP contribution in [-0.2, 0) is 6.54 Å². The quantitative estimate of drug-likeness (QED) is 0.436. The molecule has 33 heavy (non-hydrogen) atoms. The van der Waals surface area contributed by atoms with Crippen LogP contribution in [0.25, 0.3) is 22.2 Å². The minimum Gasteiger partial charge on any atom is -0.497 e. The number of fused-ring (bicyclic) bond motifs is 1. The molecule has 7 heteroatoms. The van der Waals surface area contributed by atoms with E-state index in [0.29, 0.717) is 18.7 Å². The molecule has 1 fully saturated rings. The number of para-hydroxylation sites is 1. The molecule has 1 aliphatic rings. The standard InChI is InChI=1S/C26H26N4O2S/c1-18-27-20(17-33-18)16-29-11-13-30(14-12-29)26(31)23-15-25(19-7-9-21(32-2)10-8-19)28-24-6-4-3-5-22(23)24/h3-10,15,17H,11-14,16H2,1-2H3. The van der Waals surface area contributed by atoms with Crippen LogP contribution >= 0.6 is 11.3 Å². The van der Waals surface area contributed by atoms with Gasteiger partial charge in [-0.2, -0.15) is 0 Å². The van der Waals surface area contributed by atoms with E-state index in [1.807, 2.05) is 66.4 Å². The van der Waals surface area contributed by atoms with Crippen molar-refractivity contribution in [3.8, 4) is 17.0 Å². The summed E-state index contributed by atoms with van der Waals surface area (Å²) < 4.78 is 5.28. The van der Waals surface area contributed by atoms with Gasteiger partial charge >= 0.3 is 0 Å². The molecule has 2 aromatic heterocycles. The highest BCUT2D eigenvalue weighted by atomic mass is 32.1. The Morgan fingerprint density at radius 1 is 1.03 bits per heavy atom. The van der Waals surface area contributed by atoms with Crippen LogP contribution in [0.1, 0.15) is 21.1 Å². The number of hydrogen-bond donors (Lipinski definition) is 0. The lowest BCUT2D eigenvalue weighted by Gasteiger charge is -2.34. The van der Waals surface area contributed by atoms with Gasteiger partial charge in [-0.25, -0.2) is 9.97 Å². The van der Waals surface area contributed by atoms with Crippen molar-refractivity contribution in [2.45, 2.75) is 13.5 Å². The molecule has 4 aromatic rings. The van der Waals surface area contributed by atoms with Crippen molar-refractivity contribution in [2.24, 2.45) is 0 Å². The Morgan fingerprint density at radius 3 is 2.48 bits per heavy atom. The zero-order chi connectivity index (χ0) is 22.8. The molecule has 1 aliphatic heterocycles. The van der Waals surface area contributed by atoms with Gasteiger partial charge in [0, 0.05) is 49.1 Å². The van der Waals surface area contributed by atoms with E-state index >= 15 is 0 Å². The maximum atomic E-state index is 13.6. The lowest BCUT2D eigenvalue weighted by atomic mass is 10.0. The first kappa shape index (κ1) is 21.6. The summed E-state index contributed by atoms with van der Waals surface area (Å²) in [6.45, 7) is 5.97. The number of piperazine rings is 1. The number of aryl methyl sites for hydroxylation is 1. The Balaban J connectivity index is 1.38. The Kier molecular flexibility index (Phi) is 6.07. The number of aromatic nitrogens is 2.